The second-order valence-electron chi connectivity index (χ2n) is 5.25. The van der Waals surface area contributed by atoms with Crippen molar-refractivity contribution in [2.24, 2.45) is 0 Å². The molecule has 2 aromatic rings. The highest BCUT2D eigenvalue weighted by Gasteiger charge is 2.09. The maximum Gasteiger partial charge on any atom is 0.338 e. The number of rotatable bonds is 7. The second-order valence-corrected chi connectivity index (χ2v) is 5.25. The van der Waals surface area contributed by atoms with Crippen LogP contribution in [0.2, 0.25) is 0 Å². The lowest BCUT2D eigenvalue weighted by Crippen LogP contribution is -2.23. The molecule has 2 aromatic carbocycles. The molecule has 0 aliphatic rings. The number of benzene rings is 2. The van der Waals surface area contributed by atoms with Gasteiger partial charge in [-0.1, -0.05) is 37.3 Å². The molecule has 0 saturated carbocycles. The highest BCUT2D eigenvalue weighted by atomic mass is 16.5. The molecule has 0 bridgehead atoms. The summed E-state index contributed by atoms with van der Waals surface area (Å²) in [6.07, 6.45) is 0.454. The van der Waals surface area contributed by atoms with Gasteiger partial charge >= 0.3 is 5.97 Å². The number of likely N-dealkylation sites (N-methyl/N-ethyl adjacent to an activating group) is 1. The zero-order valence-electron chi connectivity index (χ0n) is 13.5. The van der Waals surface area contributed by atoms with Crippen molar-refractivity contribution in [3.8, 4) is 0 Å². The summed E-state index contributed by atoms with van der Waals surface area (Å²) in [6, 6.07) is 16.5. The third-order valence-electron chi connectivity index (χ3n) is 3.62. The Morgan fingerprint density at radius 3 is 2.17 bits per heavy atom. The molecule has 0 fully saturated rings. The van der Waals surface area contributed by atoms with Crippen LogP contribution in [-0.4, -0.2) is 32.0 Å². The smallest absolute Gasteiger partial charge is 0.338 e. The van der Waals surface area contributed by atoms with Crippen molar-refractivity contribution in [2.45, 2.75) is 13.3 Å². The number of ether oxygens (including phenoxy) is 1. The van der Waals surface area contributed by atoms with Crippen LogP contribution in [0.3, 0.4) is 0 Å². The van der Waals surface area contributed by atoms with Crippen molar-refractivity contribution in [3.05, 3.63) is 65.7 Å². The van der Waals surface area contributed by atoms with Gasteiger partial charge in [0.25, 0.3) is 0 Å². The zero-order valence-corrected chi connectivity index (χ0v) is 13.5. The lowest BCUT2D eigenvalue weighted by Gasteiger charge is -2.18. The van der Waals surface area contributed by atoms with Gasteiger partial charge in [-0.25, -0.2) is 4.79 Å². The lowest BCUT2D eigenvalue weighted by atomic mass is 10.1. The van der Waals surface area contributed by atoms with Crippen LogP contribution in [-0.2, 0) is 4.74 Å². The molecule has 0 aliphatic heterocycles. The molecule has 0 aliphatic carbocycles. The normalized spacial score (nSPS) is 10.2. The minimum atomic E-state index is -0.373. The largest absolute Gasteiger partial charge is 0.460 e. The summed E-state index contributed by atoms with van der Waals surface area (Å²) in [5, 5.41) is 0. The van der Waals surface area contributed by atoms with Crippen molar-refractivity contribution in [3.63, 3.8) is 0 Å². The number of ketones is 1. The quantitative estimate of drug-likeness (QED) is 0.579. The number of carbonyl (C=O) groups excluding carboxylic acids is 2. The first kappa shape index (κ1) is 16.7. The average molecular weight is 311 g/mol. The summed E-state index contributed by atoms with van der Waals surface area (Å²) in [7, 11) is 1.95. The van der Waals surface area contributed by atoms with Crippen LogP contribution in [0.15, 0.2) is 54.6 Å². The maximum absolute atomic E-state index is 12.0. The number of para-hydroxylation sites is 1. The van der Waals surface area contributed by atoms with Gasteiger partial charge in [-0.15, -0.1) is 0 Å². The van der Waals surface area contributed by atoms with Crippen molar-refractivity contribution >= 4 is 17.4 Å². The number of carbonyl (C=O) groups is 2. The summed E-state index contributed by atoms with van der Waals surface area (Å²) in [6.45, 7) is 2.73. The van der Waals surface area contributed by atoms with E-state index < -0.39 is 0 Å². The molecule has 0 unspecified atom stereocenters. The Bertz CT molecular complexity index is 650. The van der Waals surface area contributed by atoms with Crippen LogP contribution in [0.1, 0.15) is 34.1 Å². The molecule has 0 radical (unpaired) electrons. The summed E-state index contributed by atoms with van der Waals surface area (Å²) >= 11 is 0. The fourth-order valence-electron chi connectivity index (χ4n) is 2.17. The van der Waals surface area contributed by atoms with Crippen molar-refractivity contribution in [2.75, 3.05) is 25.1 Å². The molecule has 120 valence electrons. The Morgan fingerprint density at radius 2 is 1.57 bits per heavy atom. The van der Waals surface area contributed by atoms with E-state index in [1.54, 1.807) is 24.3 Å². The Balaban J connectivity index is 1.84. The van der Waals surface area contributed by atoms with E-state index in [1.807, 2.05) is 49.2 Å². The lowest BCUT2D eigenvalue weighted by molar-refractivity contribution is 0.0516. The summed E-state index contributed by atoms with van der Waals surface area (Å²) in [5.74, 6) is -0.309. The van der Waals surface area contributed by atoms with Crippen LogP contribution >= 0.6 is 0 Å². The van der Waals surface area contributed by atoms with Gasteiger partial charge in [0, 0.05) is 24.7 Å². The molecular formula is C19H21NO3. The van der Waals surface area contributed by atoms with E-state index in [4.69, 9.17) is 4.74 Å². The molecule has 4 nitrogen and oxygen atoms in total. The first-order chi connectivity index (χ1) is 11.1. The van der Waals surface area contributed by atoms with Gasteiger partial charge in [0.15, 0.2) is 5.78 Å². The van der Waals surface area contributed by atoms with E-state index in [0.29, 0.717) is 30.7 Å². The van der Waals surface area contributed by atoms with Crippen molar-refractivity contribution < 1.29 is 14.3 Å². The van der Waals surface area contributed by atoms with Gasteiger partial charge in [0.1, 0.15) is 6.61 Å². The molecule has 0 atom stereocenters. The highest BCUT2D eigenvalue weighted by molar-refractivity contribution is 5.97. The van der Waals surface area contributed by atoms with Crippen molar-refractivity contribution in [1.29, 1.82) is 0 Å². The fraction of sp³-hybridized carbons (Fsp3) is 0.263. The van der Waals surface area contributed by atoms with Gasteiger partial charge in [0.05, 0.1) is 12.1 Å². The van der Waals surface area contributed by atoms with Crippen LogP contribution in [0.4, 0.5) is 5.69 Å². The molecule has 0 N–H and O–H groups in total. The van der Waals surface area contributed by atoms with Crippen molar-refractivity contribution in [1.82, 2.24) is 0 Å². The molecule has 0 amide bonds. The van der Waals surface area contributed by atoms with E-state index in [2.05, 4.69) is 0 Å². The van der Waals surface area contributed by atoms with E-state index in [-0.39, 0.29) is 11.8 Å². The number of nitrogens with zero attached hydrogens (tertiary/aromatic N) is 1. The van der Waals surface area contributed by atoms with E-state index in [0.717, 1.165) is 5.69 Å². The van der Waals surface area contributed by atoms with Crippen LogP contribution in [0.5, 0.6) is 0 Å². The second kappa shape index (κ2) is 8.13. The summed E-state index contributed by atoms with van der Waals surface area (Å²) < 4.78 is 5.28. The number of anilines is 1. The van der Waals surface area contributed by atoms with Gasteiger partial charge < -0.3 is 9.64 Å². The first-order valence-electron chi connectivity index (χ1n) is 7.68. The minimum absolute atomic E-state index is 0.0643. The van der Waals surface area contributed by atoms with Gasteiger partial charge in [-0.05, 0) is 24.3 Å². The van der Waals surface area contributed by atoms with Crippen LogP contribution in [0.25, 0.3) is 0 Å². The van der Waals surface area contributed by atoms with Crippen LogP contribution < -0.4 is 4.90 Å². The van der Waals surface area contributed by atoms with E-state index in [9.17, 15) is 9.59 Å². The minimum Gasteiger partial charge on any atom is -0.460 e. The van der Waals surface area contributed by atoms with Gasteiger partial charge in [0.2, 0.25) is 0 Å². The molecule has 4 heteroatoms. The number of hydrogen-bond donors (Lipinski definition) is 0. The molecule has 2 rings (SSSR count). The predicted octanol–water partition coefficient (Wildman–Crippen LogP) is 3.57. The summed E-state index contributed by atoms with van der Waals surface area (Å²) in [4.78, 5) is 25.6. The molecule has 0 spiro atoms. The number of Topliss-reactive ketones (excluding diaryl/α,β-unsaturated/α-hetero) is 1. The fourth-order valence-corrected chi connectivity index (χ4v) is 2.17. The standard InChI is InChI=1S/C19H21NO3/c1-3-18(21)15-9-11-16(12-10-15)19(22)23-14-13-20(2)17-7-5-4-6-8-17/h4-12H,3,13-14H2,1-2H3. The third kappa shape index (κ3) is 4.68. The van der Waals surface area contributed by atoms with Gasteiger partial charge in [-0.3, -0.25) is 4.79 Å². The predicted molar refractivity (Wildman–Crippen MR) is 91.1 cm³/mol. The molecule has 0 heterocycles. The first-order valence-corrected chi connectivity index (χ1v) is 7.68. The number of hydrogen-bond acceptors (Lipinski definition) is 4. The molecule has 23 heavy (non-hydrogen) atoms. The van der Waals surface area contributed by atoms with E-state index >= 15 is 0 Å². The SMILES string of the molecule is CCC(=O)c1ccc(C(=O)OCCN(C)c2ccccc2)cc1. The summed E-state index contributed by atoms with van der Waals surface area (Å²) in [5.41, 5.74) is 2.15. The Hall–Kier alpha value is -2.62. The Labute approximate surface area is 136 Å². The average Bonchev–Trinajstić information content (AvgIpc) is 2.61. The van der Waals surface area contributed by atoms with E-state index in [1.165, 1.54) is 0 Å². The highest BCUT2D eigenvalue weighted by Crippen LogP contribution is 2.11. The topological polar surface area (TPSA) is 46.6 Å². The van der Waals surface area contributed by atoms with Crippen LogP contribution in [0, 0.1) is 0 Å². The third-order valence-corrected chi connectivity index (χ3v) is 3.62. The Kier molecular flexibility index (Phi) is 5.92. The zero-order chi connectivity index (χ0) is 16.7. The number of esters is 1. The maximum atomic E-state index is 12.0. The molecule has 0 saturated heterocycles. The molecular weight excluding hydrogens is 290 g/mol. The van der Waals surface area contributed by atoms with Gasteiger partial charge in [-0.2, -0.15) is 0 Å². The Morgan fingerprint density at radius 1 is 0.957 bits per heavy atom. The molecule has 0 aromatic heterocycles. The monoisotopic (exact) mass is 311 g/mol.